The predicted molar refractivity (Wildman–Crippen MR) is 80.5 cm³/mol. The molecule has 3 N–H and O–H groups in total. The largest absolute Gasteiger partial charge is 0.346 e. The summed E-state index contributed by atoms with van der Waals surface area (Å²) in [7, 11) is 0. The van der Waals surface area contributed by atoms with Gasteiger partial charge in [0.05, 0.1) is 10.5 Å². The number of hydrogen-bond acceptors (Lipinski definition) is 4. The summed E-state index contributed by atoms with van der Waals surface area (Å²) in [5.41, 5.74) is 6.27. The molecule has 1 aliphatic rings. The highest BCUT2D eigenvalue weighted by atomic mass is 16.6. The predicted octanol–water partition coefficient (Wildman–Crippen LogP) is 2.00. The Balaban J connectivity index is 1.97. The summed E-state index contributed by atoms with van der Waals surface area (Å²) in [4.78, 5) is 22.0. The molecule has 1 aliphatic carbocycles. The number of rotatable bonds is 5. The molecule has 0 spiro atoms. The van der Waals surface area contributed by atoms with Gasteiger partial charge in [-0.05, 0) is 36.6 Å². The number of nitrogens with two attached hydrogens (primary N) is 1. The van der Waals surface area contributed by atoms with Gasteiger partial charge in [-0.2, -0.15) is 0 Å². The molecule has 0 aliphatic heterocycles. The van der Waals surface area contributed by atoms with Crippen LogP contribution >= 0.6 is 0 Å². The van der Waals surface area contributed by atoms with Crippen molar-refractivity contribution in [1.82, 2.24) is 5.32 Å². The molecular formula is C15H19N3O3. The number of nitrogens with zero attached hydrogens (tertiary/aromatic N) is 1. The lowest BCUT2D eigenvalue weighted by atomic mass is 9.98. The first-order chi connectivity index (χ1) is 10.0. The van der Waals surface area contributed by atoms with Crippen molar-refractivity contribution in [2.75, 3.05) is 6.54 Å². The lowest BCUT2D eigenvalue weighted by molar-refractivity contribution is -0.384. The Labute approximate surface area is 123 Å². The van der Waals surface area contributed by atoms with E-state index >= 15 is 0 Å². The number of nitrogens with one attached hydrogen (secondary N) is 1. The fourth-order valence-electron chi connectivity index (χ4n) is 2.61. The highest BCUT2D eigenvalue weighted by molar-refractivity contribution is 5.92. The van der Waals surface area contributed by atoms with Crippen LogP contribution in [-0.4, -0.2) is 22.9 Å². The van der Waals surface area contributed by atoms with E-state index < -0.39 is 4.92 Å². The van der Waals surface area contributed by atoms with Crippen LogP contribution in [0.2, 0.25) is 0 Å². The van der Waals surface area contributed by atoms with Crippen LogP contribution in [0.1, 0.15) is 31.2 Å². The summed E-state index contributed by atoms with van der Waals surface area (Å²) < 4.78 is 0. The SMILES string of the molecule is NCC1(NC(=O)C=Cc2ccc([N+](=O)[O-])cc2)CCCC1. The standard InChI is InChI=1S/C15H19N3O3/c16-11-15(9-1-2-10-15)17-14(19)8-5-12-3-6-13(7-4-12)18(20)21/h3-8H,1-2,9-11,16H2,(H,17,19). The molecule has 2 rings (SSSR count). The summed E-state index contributed by atoms with van der Waals surface area (Å²) in [6.45, 7) is 0.449. The van der Waals surface area contributed by atoms with Crippen molar-refractivity contribution in [3.05, 3.63) is 46.0 Å². The van der Waals surface area contributed by atoms with Crippen LogP contribution in [0.3, 0.4) is 0 Å². The summed E-state index contributed by atoms with van der Waals surface area (Å²) in [6.07, 6.45) is 7.09. The Bertz CT molecular complexity index is 546. The van der Waals surface area contributed by atoms with Gasteiger partial charge in [0.1, 0.15) is 0 Å². The average Bonchev–Trinajstić information content (AvgIpc) is 2.94. The maximum absolute atomic E-state index is 11.9. The molecule has 0 heterocycles. The molecule has 0 radical (unpaired) electrons. The molecular weight excluding hydrogens is 270 g/mol. The van der Waals surface area contributed by atoms with Crippen molar-refractivity contribution in [3.63, 3.8) is 0 Å². The number of non-ortho nitro benzene ring substituents is 1. The Morgan fingerprint density at radius 2 is 1.95 bits per heavy atom. The molecule has 0 unspecified atom stereocenters. The molecule has 0 saturated heterocycles. The van der Waals surface area contributed by atoms with Crippen molar-refractivity contribution in [2.24, 2.45) is 5.73 Å². The van der Waals surface area contributed by atoms with Crippen molar-refractivity contribution >= 4 is 17.7 Å². The Kier molecular flexibility index (Phi) is 4.70. The minimum Gasteiger partial charge on any atom is -0.346 e. The Morgan fingerprint density at radius 1 is 1.33 bits per heavy atom. The molecule has 0 atom stereocenters. The van der Waals surface area contributed by atoms with Crippen molar-refractivity contribution in [3.8, 4) is 0 Å². The van der Waals surface area contributed by atoms with Gasteiger partial charge in [0, 0.05) is 24.8 Å². The van der Waals surface area contributed by atoms with Crippen LogP contribution in [0, 0.1) is 10.1 Å². The summed E-state index contributed by atoms with van der Waals surface area (Å²) in [5, 5.41) is 13.5. The number of hydrogen-bond donors (Lipinski definition) is 2. The van der Waals surface area contributed by atoms with Crippen molar-refractivity contribution < 1.29 is 9.72 Å². The smallest absolute Gasteiger partial charge is 0.269 e. The first kappa shape index (κ1) is 15.2. The lowest BCUT2D eigenvalue weighted by Crippen LogP contribution is -2.51. The molecule has 1 fully saturated rings. The number of carbonyl (C=O) groups is 1. The summed E-state index contributed by atoms with van der Waals surface area (Å²) in [6, 6.07) is 6.04. The van der Waals surface area contributed by atoms with Gasteiger partial charge in [0.15, 0.2) is 0 Å². The molecule has 1 saturated carbocycles. The van der Waals surface area contributed by atoms with E-state index in [-0.39, 0.29) is 17.1 Å². The van der Waals surface area contributed by atoms with Crippen LogP contribution in [0.25, 0.3) is 6.08 Å². The zero-order valence-electron chi connectivity index (χ0n) is 11.7. The van der Waals surface area contributed by atoms with Crippen molar-refractivity contribution in [2.45, 2.75) is 31.2 Å². The average molecular weight is 289 g/mol. The van der Waals surface area contributed by atoms with Crippen molar-refractivity contribution in [1.29, 1.82) is 0 Å². The minimum atomic E-state index is -0.453. The second kappa shape index (κ2) is 6.49. The normalized spacial score (nSPS) is 17.0. The van der Waals surface area contributed by atoms with Gasteiger partial charge in [0.25, 0.3) is 5.69 Å². The van der Waals surface area contributed by atoms with Crippen LogP contribution in [-0.2, 0) is 4.79 Å². The van der Waals surface area contributed by atoms with Crippen LogP contribution in [0.15, 0.2) is 30.3 Å². The van der Waals surface area contributed by atoms with E-state index in [1.54, 1.807) is 18.2 Å². The van der Waals surface area contributed by atoms with Gasteiger partial charge >= 0.3 is 0 Å². The summed E-state index contributed by atoms with van der Waals surface area (Å²) in [5.74, 6) is -0.180. The molecule has 6 heteroatoms. The molecule has 112 valence electrons. The zero-order valence-corrected chi connectivity index (χ0v) is 11.7. The number of amides is 1. The third kappa shape index (κ3) is 3.88. The Morgan fingerprint density at radius 3 is 2.48 bits per heavy atom. The maximum atomic E-state index is 11.9. The fraction of sp³-hybridized carbons (Fsp3) is 0.400. The van der Waals surface area contributed by atoms with E-state index in [9.17, 15) is 14.9 Å². The topological polar surface area (TPSA) is 98.3 Å². The van der Waals surface area contributed by atoms with Crippen LogP contribution in [0.5, 0.6) is 0 Å². The third-order valence-corrected chi connectivity index (χ3v) is 3.87. The highest BCUT2D eigenvalue weighted by Gasteiger charge is 2.33. The number of benzene rings is 1. The molecule has 1 amide bonds. The molecule has 1 aromatic rings. The molecule has 21 heavy (non-hydrogen) atoms. The zero-order chi connectivity index (χ0) is 15.3. The first-order valence-corrected chi connectivity index (χ1v) is 6.99. The Hall–Kier alpha value is -2.21. The van der Waals surface area contributed by atoms with Crippen LogP contribution < -0.4 is 11.1 Å². The quantitative estimate of drug-likeness (QED) is 0.492. The van der Waals surface area contributed by atoms with E-state index in [2.05, 4.69) is 5.32 Å². The van der Waals surface area contributed by atoms with Gasteiger partial charge in [-0.25, -0.2) is 0 Å². The second-order valence-corrected chi connectivity index (χ2v) is 5.36. The maximum Gasteiger partial charge on any atom is 0.269 e. The number of nitro benzene ring substituents is 1. The van der Waals surface area contributed by atoms with Gasteiger partial charge in [-0.3, -0.25) is 14.9 Å². The second-order valence-electron chi connectivity index (χ2n) is 5.36. The van der Waals surface area contributed by atoms with Gasteiger partial charge in [-0.1, -0.05) is 12.8 Å². The number of carbonyl (C=O) groups excluding carboxylic acids is 1. The lowest BCUT2D eigenvalue weighted by Gasteiger charge is -2.27. The van der Waals surface area contributed by atoms with Gasteiger partial charge in [-0.15, -0.1) is 0 Å². The van der Waals surface area contributed by atoms with Gasteiger partial charge in [0.2, 0.25) is 5.91 Å². The molecule has 1 aromatic carbocycles. The molecule has 6 nitrogen and oxygen atoms in total. The monoisotopic (exact) mass is 289 g/mol. The first-order valence-electron chi connectivity index (χ1n) is 6.99. The van der Waals surface area contributed by atoms with E-state index in [4.69, 9.17) is 5.73 Å². The van der Waals surface area contributed by atoms with E-state index in [0.29, 0.717) is 6.54 Å². The van der Waals surface area contributed by atoms with Crippen LogP contribution in [0.4, 0.5) is 5.69 Å². The number of nitro groups is 1. The minimum absolute atomic E-state index is 0.0321. The van der Waals surface area contributed by atoms with Gasteiger partial charge < -0.3 is 11.1 Å². The van der Waals surface area contributed by atoms with E-state index in [1.165, 1.54) is 18.2 Å². The highest BCUT2D eigenvalue weighted by Crippen LogP contribution is 2.28. The van der Waals surface area contributed by atoms with E-state index in [0.717, 1.165) is 31.2 Å². The van der Waals surface area contributed by atoms with E-state index in [1.807, 2.05) is 0 Å². The molecule has 0 bridgehead atoms. The summed E-state index contributed by atoms with van der Waals surface area (Å²) >= 11 is 0. The third-order valence-electron chi connectivity index (χ3n) is 3.87. The molecule has 0 aromatic heterocycles. The fourth-order valence-corrected chi connectivity index (χ4v) is 2.61.